The Morgan fingerprint density at radius 2 is 2.17 bits per heavy atom. The molecule has 42 valence electrons. The van der Waals surface area contributed by atoms with Gasteiger partial charge in [-0.1, -0.05) is 0 Å². The molecule has 0 aromatic carbocycles. The van der Waals surface area contributed by atoms with Gasteiger partial charge in [0.2, 0.25) is 5.72 Å². The first-order valence-electron chi connectivity index (χ1n) is 5.21. The highest BCUT2D eigenvalue weighted by atomic mass is 32.2. The zero-order valence-electron chi connectivity index (χ0n) is 12.6. The second-order valence-electron chi connectivity index (χ2n) is 0.269. The van der Waals surface area contributed by atoms with Crippen molar-refractivity contribution in [1.29, 1.82) is 5.72 Å². The zero-order valence-corrected chi connectivity index (χ0v) is 3.45. The van der Waals surface area contributed by atoms with E-state index in [1.807, 2.05) is 0 Å². The summed E-state index contributed by atoms with van der Waals surface area (Å²) in [6.45, 7) is 0. The zero-order chi connectivity index (χ0) is 14.0. The summed E-state index contributed by atoms with van der Waals surface area (Å²) in [5.41, 5.74) is 5.50. The molecule has 0 unspecified atom stereocenters. The Morgan fingerprint density at radius 1 is 1.83 bits per heavy atom. The van der Waals surface area contributed by atoms with E-state index in [4.69, 9.17) is 13.9 Å². The van der Waals surface area contributed by atoms with Crippen molar-refractivity contribution in [2.75, 3.05) is 12.4 Å². The summed E-state index contributed by atoms with van der Waals surface area (Å²) in [6.07, 6.45) is -5.80. The van der Waals surface area contributed by atoms with Gasteiger partial charge in [0.1, 0.15) is 0 Å². The molecular weight excluding hydrogens is 104 g/mol. The second-order valence-corrected chi connectivity index (χ2v) is 0.806. The summed E-state index contributed by atoms with van der Waals surface area (Å²) in [5, 5.41) is 0. The Labute approximate surface area is 53.8 Å². The Morgan fingerprint density at radius 3 is 2.17 bits per heavy atom. The lowest BCUT2D eigenvalue weighted by Crippen LogP contribution is -1.70. The molecule has 0 aromatic rings. The molecule has 0 saturated carbocycles. The molecule has 0 aliphatic carbocycles. The van der Waals surface area contributed by atoms with Crippen molar-refractivity contribution < 1.29 is 23.4 Å². The number of hydrogen-bond donors (Lipinski definition) is 0. The largest absolute Gasteiger partial charge is 0.412 e. The van der Waals surface area contributed by atoms with E-state index in [0.29, 0.717) is 0 Å². The summed E-state index contributed by atoms with van der Waals surface area (Å²) in [7, 11) is -2.75. The van der Waals surface area contributed by atoms with E-state index in [2.05, 4.69) is 11.0 Å². The van der Waals surface area contributed by atoms with Crippen molar-refractivity contribution >= 4 is 10.8 Å². The van der Waals surface area contributed by atoms with Crippen LogP contribution in [-0.4, -0.2) is 33.3 Å². The fourth-order valence-corrected chi connectivity index (χ4v) is 0. The smallest absolute Gasteiger partial charge is 0.206 e. The Balaban J connectivity index is -0.000000235. The molecule has 4 heteroatoms. The summed E-state index contributed by atoms with van der Waals surface area (Å²) < 4.78 is 70.8. The summed E-state index contributed by atoms with van der Waals surface area (Å²) in [4.78, 5) is 0. The molecule has 0 fully saturated rings. The molecule has 0 amide bonds. The SMILES string of the molecule is [2H]C([2H])([2H])S(=O)C([2H])([2H])[2H].[2H]O[2H].[2H]O[2H]. The summed E-state index contributed by atoms with van der Waals surface area (Å²) in [6, 6.07) is 0. The number of rotatable bonds is 0. The highest BCUT2D eigenvalue weighted by Crippen LogP contribution is 1.47. The van der Waals surface area contributed by atoms with Crippen LogP contribution < -0.4 is 0 Å². The summed E-state index contributed by atoms with van der Waals surface area (Å²) in [5.74, 6) is 0. The minimum absolute atomic E-state index is 2.75. The molecule has 0 bridgehead atoms. The van der Waals surface area contributed by atoms with Gasteiger partial charge >= 0.3 is 0 Å². The van der Waals surface area contributed by atoms with Gasteiger partial charge in [-0.15, -0.1) is 0 Å². The minimum atomic E-state index is -2.90. The molecule has 0 radical (unpaired) electrons. The Hall–Kier alpha value is 0.0700. The third kappa shape index (κ3) is 7830. The van der Waals surface area contributed by atoms with E-state index in [1.54, 1.807) is 0 Å². The molecule has 3 nitrogen and oxygen atoms in total. The fourth-order valence-electron chi connectivity index (χ4n) is 0. The van der Waals surface area contributed by atoms with Crippen LogP contribution in [0.15, 0.2) is 0 Å². The maximum atomic E-state index is 10.5. The molecule has 0 spiro atoms. The molecule has 0 heterocycles. The van der Waals surface area contributed by atoms with Gasteiger partial charge in [-0.2, -0.15) is 0 Å². The van der Waals surface area contributed by atoms with Crippen LogP contribution in [-0.2, 0) is 10.8 Å². The molecule has 0 aliphatic rings. The van der Waals surface area contributed by atoms with Crippen molar-refractivity contribution in [2.24, 2.45) is 0 Å². The van der Waals surface area contributed by atoms with Crippen LogP contribution in [0.4, 0.5) is 0 Å². The van der Waals surface area contributed by atoms with Crippen LogP contribution in [0.25, 0.3) is 0 Å². The van der Waals surface area contributed by atoms with Crippen molar-refractivity contribution in [3.05, 3.63) is 0 Å². The van der Waals surface area contributed by atoms with Crippen molar-refractivity contribution in [1.82, 2.24) is 0 Å². The normalized spacial score (nSPS) is 31.5. The van der Waals surface area contributed by atoms with Gasteiger partial charge in [0.05, 0.1) is 0 Å². The van der Waals surface area contributed by atoms with Crippen molar-refractivity contribution in [2.45, 2.75) is 0 Å². The fraction of sp³-hybridized carbons (Fsp3) is 1.00. The van der Waals surface area contributed by atoms with Gasteiger partial charge in [0.15, 0.2) is 0 Å². The van der Waals surface area contributed by atoms with E-state index in [1.165, 1.54) is 0 Å². The average molecular weight is 124 g/mol. The van der Waals surface area contributed by atoms with Crippen LogP contribution in [0.5, 0.6) is 0 Å². The highest BCUT2D eigenvalue weighted by molar-refractivity contribution is 7.83. The maximum Gasteiger partial charge on any atom is 0.206 e. The predicted molar refractivity (Wildman–Crippen MR) is 27.2 cm³/mol. The van der Waals surface area contributed by atoms with Crippen LogP contribution in [0, 0.1) is 0 Å². The van der Waals surface area contributed by atoms with E-state index in [-0.39, 0.29) is 0 Å². The lowest BCUT2D eigenvalue weighted by molar-refractivity contribution is 0.690. The van der Waals surface area contributed by atoms with Crippen LogP contribution in [0.3, 0.4) is 0 Å². The first kappa shape index (κ1) is 0.913. The Kier molecular flexibility index (Phi) is 1.36. The van der Waals surface area contributed by atoms with E-state index >= 15 is 0 Å². The predicted octanol–water partition coefficient (Wildman–Crippen LogP) is -1.65. The summed E-state index contributed by atoms with van der Waals surface area (Å²) >= 11 is 0. The van der Waals surface area contributed by atoms with Gasteiger partial charge in [-0.25, -0.2) is 0 Å². The third-order valence-electron chi connectivity index (χ3n) is 0. The van der Waals surface area contributed by atoms with Crippen LogP contribution >= 0.6 is 0 Å². The van der Waals surface area contributed by atoms with Gasteiger partial charge in [0, 0.05) is 31.4 Å². The highest BCUT2D eigenvalue weighted by Gasteiger charge is 1.57. The lowest BCUT2D eigenvalue weighted by atomic mass is 11.9. The van der Waals surface area contributed by atoms with Gasteiger partial charge in [-0.3, -0.25) is 4.21 Å². The van der Waals surface area contributed by atoms with Gasteiger partial charge in [-0.05, 0) is 0 Å². The molecule has 0 aliphatic heterocycles. The van der Waals surface area contributed by atoms with Gasteiger partial charge in [0.25, 0.3) is 0 Å². The van der Waals surface area contributed by atoms with Gasteiger partial charge < -0.3 is 11.0 Å². The maximum absolute atomic E-state index is 10.5. The molecule has 4 N–H and O–H groups in total. The van der Waals surface area contributed by atoms with Crippen molar-refractivity contribution in [3.8, 4) is 0 Å². The lowest BCUT2D eigenvalue weighted by Gasteiger charge is -1.60. The van der Waals surface area contributed by atoms with Crippen molar-refractivity contribution in [3.63, 3.8) is 0 Å². The number of hydrogen-bond acceptors (Lipinski definition) is 1. The Bertz CT molecular complexity index is 156. The molecular formula is C2H10O3S. The first-order chi connectivity index (χ1) is 6.98. The standard InChI is InChI=1S/C2H6OS.2H2O/c1-4(2)3;;/h1-2H3;2*1H2/i1D3,2D3;;/hD4. The third-order valence-corrected chi connectivity index (χ3v) is 0. The molecule has 0 aromatic heterocycles. The molecule has 0 rings (SSSR count). The molecule has 6 heavy (non-hydrogen) atoms. The van der Waals surface area contributed by atoms with E-state index in [0.717, 1.165) is 0 Å². The van der Waals surface area contributed by atoms with E-state index in [9.17, 15) is 4.21 Å². The molecule has 0 saturated heterocycles. The molecule has 0 atom stereocenters. The monoisotopic (exact) mass is 124 g/mol. The quantitative estimate of drug-likeness (QED) is 0.381. The second kappa shape index (κ2) is 8.91. The van der Waals surface area contributed by atoms with E-state index < -0.39 is 23.2 Å². The topological polar surface area (TPSA) is 80.1 Å². The minimum Gasteiger partial charge on any atom is -0.412 e. The first-order valence-corrected chi connectivity index (χ1v) is 1.72. The average Bonchev–Trinajstić information content (AvgIpc) is 2.02. The van der Waals surface area contributed by atoms with Crippen LogP contribution in [0.2, 0.25) is 0 Å². The van der Waals surface area contributed by atoms with Crippen LogP contribution in [0.1, 0.15) is 8.22 Å².